The highest BCUT2D eigenvalue weighted by Crippen LogP contribution is 2.42. The number of ether oxygens (including phenoxy) is 2. The van der Waals surface area contributed by atoms with Crippen LogP contribution in [0.1, 0.15) is 35.7 Å². The highest BCUT2D eigenvalue weighted by Gasteiger charge is 2.30. The van der Waals surface area contributed by atoms with E-state index in [4.69, 9.17) is 9.47 Å². The molecule has 1 atom stereocenters. The van der Waals surface area contributed by atoms with Gasteiger partial charge in [0.05, 0.1) is 35.5 Å². The van der Waals surface area contributed by atoms with Gasteiger partial charge in [0, 0.05) is 37.5 Å². The summed E-state index contributed by atoms with van der Waals surface area (Å²) in [5, 5.41) is 12.5. The molecule has 1 amide bonds. The van der Waals surface area contributed by atoms with E-state index in [2.05, 4.69) is 15.5 Å². The molecule has 0 radical (unpaired) electrons. The molecule has 0 bridgehead atoms. The van der Waals surface area contributed by atoms with Gasteiger partial charge >= 0.3 is 6.61 Å². The molecule has 182 valence electrons. The molecule has 1 N–H and O–H groups in total. The number of carbonyl (C=O) groups is 1. The van der Waals surface area contributed by atoms with E-state index >= 15 is 0 Å². The first-order valence-corrected chi connectivity index (χ1v) is 11.3. The Kier molecular flexibility index (Phi) is 5.66. The van der Waals surface area contributed by atoms with Gasteiger partial charge in [-0.15, -0.1) is 0 Å². The van der Waals surface area contributed by atoms with E-state index in [1.54, 1.807) is 25.0 Å². The lowest BCUT2D eigenvalue weighted by Crippen LogP contribution is -2.34. The van der Waals surface area contributed by atoms with Crippen molar-refractivity contribution in [2.75, 3.05) is 13.7 Å². The van der Waals surface area contributed by atoms with Crippen LogP contribution in [0.4, 0.5) is 8.78 Å². The number of rotatable bonds is 6. The summed E-state index contributed by atoms with van der Waals surface area (Å²) in [5.74, 6) is -0.0751. The van der Waals surface area contributed by atoms with E-state index in [-0.39, 0.29) is 17.2 Å². The summed E-state index contributed by atoms with van der Waals surface area (Å²) in [7, 11) is 3.36. The predicted molar refractivity (Wildman–Crippen MR) is 127 cm³/mol. The minimum atomic E-state index is -3.07. The van der Waals surface area contributed by atoms with E-state index in [0.29, 0.717) is 34.6 Å². The maximum Gasteiger partial charge on any atom is 0.387 e. The number of aromatic nitrogens is 4. The molecule has 0 unspecified atom stereocenters. The molecule has 35 heavy (non-hydrogen) atoms. The molecule has 2 aromatic heterocycles. The number of hydrogen-bond donors (Lipinski definition) is 1. The van der Waals surface area contributed by atoms with Crippen molar-refractivity contribution in [3.63, 3.8) is 0 Å². The van der Waals surface area contributed by atoms with Crippen LogP contribution in [0.5, 0.6) is 11.5 Å². The molecule has 3 heterocycles. The van der Waals surface area contributed by atoms with Crippen LogP contribution in [0.3, 0.4) is 0 Å². The second kappa shape index (κ2) is 8.68. The summed E-state index contributed by atoms with van der Waals surface area (Å²) in [6, 6.07) is 7.18. The summed E-state index contributed by atoms with van der Waals surface area (Å²) < 4.78 is 40.6. The average molecular weight is 482 g/mol. The van der Waals surface area contributed by atoms with Crippen LogP contribution in [0.15, 0.2) is 36.7 Å². The maximum atomic E-state index is 13.3. The van der Waals surface area contributed by atoms with Crippen molar-refractivity contribution in [3.8, 4) is 33.9 Å². The van der Waals surface area contributed by atoms with Gasteiger partial charge < -0.3 is 14.8 Å². The number of methoxy groups -OCH3 is 1. The largest absolute Gasteiger partial charge is 0.496 e. The van der Waals surface area contributed by atoms with Gasteiger partial charge in [-0.3, -0.25) is 14.2 Å². The number of aryl methyl sites for hydroxylation is 2. The fourth-order valence-electron chi connectivity index (χ4n) is 4.67. The third kappa shape index (κ3) is 3.88. The van der Waals surface area contributed by atoms with E-state index in [1.807, 2.05) is 42.9 Å². The molecule has 4 aromatic rings. The van der Waals surface area contributed by atoms with Gasteiger partial charge in [0.15, 0.2) is 0 Å². The summed E-state index contributed by atoms with van der Waals surface area (Å²) in [4.78, 5) is 12.5. The Morgan fingerprint density at radius 2 is 1.94 bits per heavy atom. The molecule has 0 fully saturated rings. The van der Waals surface area contributed by atoms with E-state index < -0.39 is 12.5 Å². The summed E-state index contributed by atoms with van der Waals surface area (Å²) in [6.07, 6.45) is 3.74. The van der Waals surface area contributed by atoms with Crippen LogP contribution in [-0.2, 0) is 13.6 Å². The van der Waals surface area contributed by atoms with Crippen LogP contribution >= 0.6 is 0 Å². The van der Waals surface area contributed by atoms with Gasteiger partial charge in [-0.25, -0.2) is 0 Å². The summed E-state index contributed by atoms with van der Waals surface area (Å²) >= 11 is 0. The highest BCUT2D eigenvalue weighted by atomic mass is 19.3. The van der Waals surface area contributed by atoms with Crippen LogP contribution in [0, 0.1) is 0 Å². The molecule has 1 aliphatic heterocycles. The van der Waals surface area contributed by atoms with Crippen molar-refractivity contribution in [2.24, 2.45) is 7.05 Å². The van der Waals surface area contributed by atoms with Gasteiger partial charge in [-0.05, 0) is 48.2 Å². The van der Waals surface area contributed by atoms with E-state index in [9.17, 15) is 13.6 Å². The van der Waals surface area contributed by atoms with Crippen LogP contribution in [-0.4, -0.2) is 45.7 Å². The Morgan fingerprint density at radius 1 is 1.17 bits per heavy atom. The van der Waals surface area contributed by atoms with Crippen molar-refractivity contribution in [2.45, 2.75) is 32.9 Å². The van der Waals surface area contributed by atoms with Gasteiger partial charge in [0.2, 0.25) is 0 Å². The molecule has 2 aromatic carbocycles. The van der Waals surface area contributed by atoms with Crippen molar-refractivity contribution >= 4 is 16.8 Å². The number of fused-ring (bicyclic) bond motifs is 2. The first kappa shape index (κ1) is 22.8. The third-order valence-corrected chi connectivity index (χ3v) is 6.36. The topological polar surface area (TPSA) is 83.2 Å². The van der Waals surface area contributed by atoms with Crippen molar-refractivity contribution in [1.82, 2.24) is 24.9 Å². The molecule has 0 saturated carbocycles. The van der Waals surface area contributed by atoms with Gasteiger partial charge in [0.1, 0.15) is 11.5 Å². The number of hydrogen-bond acceptors (Lipinski definition) is 5. The van der Waals surface area contributed by atoms with Gasteiger partial charge in [0.25, 0.3) is 5.91 Å². The number of halogens is 2. The molecule has 0 aliphatic carbocycles. The number of nitrogens with zero attached hydrogens (tertiary/aromatic N) is 4. The van der Waals surface area contributed by atoms with E-state index in [0.717, 1.165) is 23.1 Å². The van der Waals surface area contributed by atoms with Gasteiger partial charge in [-0.1, -0.05) is 6.92 Å². The smallest absolute Gasteiger partial charge is 0.387 e. The zero-order valence-corrected chi connectivity index (χ0v) is 19.8. The molecular formula is C25H25F2N5O3. The molecule has 10 heteroatoms. The fourth-order valence-corrected chi connectivity index (χ4v) is 4.67. The second-order valence-electron chi connectivity index (χ2n) is 8.56. The monoisotopic (exact) mass is 481 g/mol. The standard InChI is InChI=1S/C25H25F2N5O3/c1-5-32-12-16(11-29-32)14-7-18-22(19(8-14)34-4)23(31(3)30-18)15-6-17-13(2)10-28-24(33)21(17)20(9-15)35-25(26)27/h6-9,11-13,25H,5,10H2,1-4H3,(H,28,33)/t13-/m0/s1. The minimum absolute atomic E-state index is 0.0780. The Balaban J connectivity index is 1.73. The lowest BCUT2D eigenvalue weighted by Gasteiger charge is -2.25. The quantitative estimate of drug-likeness (QED) is 0.436. The van der Waals surface area contributed by atoms with E-state index in [1.165, 1.54) is 6.07 Å². The first-order valence-electron chi connectivity index (χ1n) is 11.3. The van der Waals surface area contributed by atoms with Crippen LogP contribution in [0.2, 0.25) is 0 Å². The summed E-state index contributed by atoms with van der Waals surface area (Å²) in [5.41, 5.74) is 4.58. The Hall–Kier alpha value is -3.95. The second-order valence-corrected chi connectivity index (χ2v) is 8.56. The zero-order chi connectivity index (χ0) is 24.9. The Bertz CT molecular complexity index is 1440. The summed E-state index contributed by atoms with van der Waals surface area (Å²) in [6.45, 7) is 2.04. The minimum Gasteiger partial charge on any atom is -0.496 e. The van der Waals surface area contributed by atoms with Crippen LogP contribution < -0.4 is 14.8 Å². The SMILES string of the molecule is CCn1cc(-c2cc(OC)c3c(-c4cc(OC(F)F)c5c(c4)[C@@H](C)CNC5=O)n(C)nc3c2)cn1. The van der Waals surface area contributed by atoms with Crippen molar-refractivity contribution in [1.29, 1.82) is 0 Å². The lowest BCUT2D eigenvalue weighted by molar-refractivity contribution is -0.0502. The predicted octanol–water partition coefficient (Wildman–Crippen LogP) is 4.58. The highest BCUT2D eigenvalue weighted by molar-refractivity contribution is 6.03. The number of benzene rings is 2. The zero-order valence-electron chi connectivity index (χ0n) is 19.8. The molecule has 8 nitrogen and oxygen atoms in total. The molecular weight excluding hydrogens is 456 g/mol. The first-order chi connectivity index (χ1) is 16.8. The third-order valence-electron chi connectivity index (χ3n) is 6.36. The Morgan fingerprint density at radius 3 is 2.63 bits per heavy atom. The molecule has 0 spiro atoms. The normalized spacial score (nSPS) is 15.4. The average Bonchev–Trinajstić information content (AvgIpc) is 3.44. The van der Waals surface area contributed by atoms with Crippen molar-refractivity contribution < 1.29 is 23.0 Å². The van der Waals surface area contributed by atoms with Crippen molar-refractivity contribution in [3.05, 3.63) is 47.8 Å². The Labute approximate surface area is 200 Å². The fraction of sp³-hybridized carbons (Fsp3) is 0.320. The molecule has 5 rings (SSSR count). The van der Waals surface area contributed by atoms with Crippen LogP contribution in [0.25, 0.3) is 33.3 Å². The van der Waals surface area contributed by atoms with Gasteiger partial charge in [-0.2, -0.15) is 19.0 Å². The maximum absolute atomic E-state index is 13.3. The number of nitrogens with one attached hydrogen (secondary N) is 1. The number of alkyl halides is 2. The molecule has 0 saturated heterocycles. The number of carbonyl (C=O) groups excluding carboxylic acids is 1. The molecule has 1 aliphatic rings. The lowest BCUT2D eigenvalue weighted by atomic mass is 9.88. The number of amides is 1.